The number of benzene rings is 4. The summed E-state index contributed by atoms with van der Waals surface area (Å²) in [5, 5.41) is 0. The molecule has 168 valence electrons. The molecule has 0 aliphatic heterocycles. The number of hydrogen-bond donors (Lipinski definition) is 2. The minimum absolute atomic E-state index is 0.0696. The van der Waals surface area contributed by atoms with Gasteiger partial charge in [-0.3, -0.25) is 0 Å². The Kier molecular flexibility index (Phi) is 7.16. The summed E-state index contributed by atoms with van der Waals surface area (Å²) in [6.45, 7) is 2.14. The summed E-state index contributed by atoms with van der Waals surface area (Å²) in [7, 11) is 0. The van der Waals surface area contributed by atoms with Crippen molar-refractivity contribution >= 4 is 11.4 Å². The quantitative estimate of drug-likeness (QED) is 0.281. The summed E-state index contributed by atoms with van der Waals surface area (Å²) in [6.07, 6.45) is 0.108. The van der Waals surface area contributed by atoms with E-state index in [2.05, 4.69) is 6.92 Å². The van der Waals surface area contributed by atoms with Crippen molar-refractivity contribution in [2.45, 2.75) is 25.6 Å². The Labute approximate surface area is 195 Å². The van der Waals surface area contributed by atoms with E-state index in [4.69, 9.17) is 20.9 Å². The van der Waals surface area contributed by atoms with Crippen LogP contribution in [-0.2, 0) is 0 Å². The van der Waals surface area contributed by atoms with Crippen LogP contribution < -0.4 is 20.9 Å². The van der Waals surface area contributed by atoms with E-state index in [1.807, 2.05) is 109 Å². The van der Waals surface area contributed by atoms with E-state index in [1.165, 1.54) is 0 Å². The molecule has 0 aromatic heterocycles. The van der Waals surface area contributed by atoms with Crippen molar-refractivity contribution in [3.05, 3.63) is 120 Å². The molecule has 0 aliphatic rings. The predicted molar refractivity (Wildman–Crippen MR) is 135 cm³/mol. The van der Waals surface area contributed by atoms with E-state index in [0.29, 0.717) is 11.4 Å². The summed E-state index contributed by atoms with van der Waals surface area (Å²) in [4.78, 5) is 0. The molecule has 0 spiro atoms. The molecule has 2 unspecified atom stereocenters. The third kappa shape index (κ3) is 5.29. The lowest BCUT2D eigenvalue weighted by atomic mass is 9.84. The van der Waals surface area contributed by atoms with Gasteiger partial charge < -0.3 is 20.9 Å². The highest BCUT2D eigenvalue weighted by Crippen LogP contribution is 2.43. The first-order valence-electron chi connectivity index (χ1n) is 11.3. The molecule has 0 amide bonds. The van der Waals surface area contributed by atoms with E-state index >= 15 is 0 Å². The second-order valence-corrected chi connectivity index (χ2v) is 8.03. The van der Waals surface area contributed by atoms with Crippen molar-refractivity contribution in [2.24, 2.45) is 5.92 Å². The van der Waals surface area contributed by atoms with Crippen LogP contribution in [0.3, 0.4) is 0 Å². The Morgan fingerprint density at radius 3 is 1.27 bits per heavy atom. The topological polar surface area (TPSA) is 70.5 Å². The van der Waals surface area contributed by atoms with Crippen LogP contribution in [-0.4, -0.2) is 0 Å². The Balaban J connectivity index is 1.81. The van der Waals surface area contributed by atoms with Crippen molar-refractivity contribution in [3.8, 4) is 11.5 Å². The van der Waals surface area contributed by atoms with Gasteiger partial charge in [0.15, 0.2) is 0 Å². The normalized spacial score (nSPS) is 13.6. The molecular weight excluding hydrogens is 408 g/mol. The first-order chi connectivity index (χ1) is 16.2. The van der Waals surface area contributed by atoms with Crippen molar-refractivity contribution in [1.29, 1.82) is 0 Å². The van der Waals surface area contributed by atoms with Crippen LogP contribution >= 0.6 is 0 Å². The van der Waals surface area contributed by atoms with Gasteiger partial charge in [0.25, 0.3) is 0 Å². The zero-order valence-corrected chi connectivity index (χ0v) is 18.8. The molecule has 0 bridgehead atoms. The molecule has 4 aromatic carbocycles. The van der Waals surface area contributed by atoms with E-state index in [0.717, 1.165) is 29.0 Å². The van der Waals surface area contributed by atoms with Gasteiger partial charge in [-0.25, -0.2) is 0 Å². The van der Waals surface area contributed by atoms with Crippen LogP contribution in [0.25, 0.3) is 0 Å². The van der Waals surface area contributed by atoms with Crippen molar-refractivity contribution in [2.75, 3.05) is 11.5 Å². The standard InChI is InChI=1S/C29H30N2O2/c1-2-23(28(24-17-9-11-19-26(24)30)32-21-13-5-3-6-14-21)29(25-18-10-12-20-27(25)31)33-22-15-7-4-8-16-22/h3-20,23,28-29H,2,30-31H2,1H3. The summed E-state index contributed by atoms with van der Waals surface area (Å²) in [5.74, 6) is 1.49. The Bertz CT molecular complexity index is 1060. The molecular formula is C29H30N2O2. The number of nitrogen functional groups attached to an aromatic ring is 2. The first kappa shape index (κ1) is 22.3. The molecule has 4 rings (SSSR count). The second-order valence-electron chi connectivity index (χ2n) is 8.03. The molecule has 4 heteroatoms. The minimum Gasteiger partial charge on any atom is -0.485 e. The number of ether oxygens (including phenoxy) is 2. The molecule has 0 radical (unpaired) electrons. The zero-order valence-electron chi connectivity index (χ0n) is 18.8. The number of anilines is 2. The molecule has 4 aromatic rings. The van der Waals surface area contributed by atoms with Gasteiger partial charge in [0.05, 0.1) is 0 Å². The van der Waals surface area contributed by atoms with Gasteiger partial charge in [-0.1, -0.05) is 79.7 Å². The maximum absolute atomic E-state index is 6.61. The fourth-order valence-electron chi connectivity index (χ4n) is 4.18. The summed E-state index contributed by atoms with van der Waals surface area (Å²) in [6, 6.07) is 35.4. The lowest BCUT2D eigenvalue weighted by molar-refractivity contribution is 0.0366. The third-order valence-electron chi connectivity index (χ3n) is 5.87. The molecule has 0 aliphatic carbocycles. The highest BCUT2D eigenvalue weighted by atomic mass is 16.5. The third-order valence-corrected chi connectivity index (χ3v) is 5.87. The lowest BCUT2D eigenvalue weighted by Gasteiger charge is -2.35. The van der Waals surface area contributed by atoms with Gasteiger partial charge >= 0.3 is 0 Å². The molecule has 0 saturated heterocycles. The SMILES string of the molecule is CCC(C(Oc1ccccc1)c1ccccc1N)C(Oc1ccccc1)c1ccccc1N. The molecule has 33 heavy (non-hydrogen) atoms. The van der Waals surface area contributed by atoms with Crippen LogP contribution in [0, 0.1) is 5.92 Å². The lowest BCUT2D eigenvalue weighted by Crippen LogP contribution is -2.29. The highest BCUT2D eigenvalue weighted by Gasteiger charge is 2.35. The summed E-state index contributed by atoms with van der Waals surface area (Å²) < 4.78 is 13.2. The first-order valence-corrected chi connectivity index (χ1v) is 11.3. The van der Waals surface area contributed by atoms with Gasteiger partial charge in [0, 0.05) is 28.4 Å². The van der Waals surface area contributed by atoms with Gasteiger partial charge in [-0.2, -0.15) is 0 Å². The number of para-hydroxylation sites is 4. The Morgan fingerprint density at radius 1 is 0.545 bits per heavy atom. The molecule has 2 atom stereocenters. The van der Waals surface area contributed by atoms with Crippen molar-refractivity contribution in [1.82, 2.24) is 0 Å². The Morgan fingerprint density at radius 2 is 0.909 bits per heavy atom. The van der Waals surface area contributed by atoms with E-state index < -0.39 is 0 Å². The smallest absolute Gasteiger partial charge is 0.132 e. The van der Waals surface area contributed by atoms with Gasteiger partial charge in [-0.15, -0.1) is 0 Å². The van der Waals surface area contributed by atoms with E-state index in [1.54, 1.807) is 0 Å². The fourth-order valence-corrected chi connectivity index (χ4v) is 4.18. The van der Waals surface area contributed by atoms with E-state index in [-0.39, 0.29) is 18.1 Å². The average Bonchev–Trinajstić information content (AvgIpc) is 2.85. The number of hydrogen-bond acceptors (Lipinski definition) is 4. The number of rotatable bonds is 9. The van der Waals surface area contributed by atoms with Crippen molar-refractivity contribution < 1.29 is 9.47 Å². The van der Waals surface area contributed by atoms with Gasteiger partial charge in [0.1, 0.15) is 23.7 Å². The molecule has 0 fully saturated rings. The molecule has 4 nitrogen and oxygen atoms in total. The van der Waals surface area contributed by atoms with Crippen LogP contribution in [0.1, 0.15) is 36.7 Å². The van der Waals surface area contributed by atoms with Gasteiger partial charge in [-0.05, 0) is 42.8 Å². The molecule has 0 saturated carbocycles. The predicted octanol–water partition coefficient (Wildman–Crippen LogP) is 6.82. The molecule has 0 heterocycles. The molecule has 4 N–H and O–H groups in total. The van der Waals surface area contributed by atoms with Crippen LogP contribution in [0.4, 0.5) is 11.4 Å². The minimum atomic E-state index is -0.341. The van der Waals surface area contributed by atoms with Crippen molar-refractivity contribution in [3.63, 3.8) is 0 Å². The summed E-state index contributed by atoms with van der Waals surface area (Å²) >= 11 is 0. The highest BCUT2D eigenvalue weighted by molar-refractivity contribution is 5.51. The number of nitrogens with two attached hydrogens (primary N) is 2. The van der Waals surface area contributed by atoms with Crippen LogP contribution in [0.2, 0.25) is 0 Å². The monoisotopic (exact) mass is 438 g/mol. The Hall–Kier alpha value is -3.92. The van der Waals surface area contributed by atoms with E-state index in [9.17, 15) is 0 Å². The zero-order chi connectivity index (χ0) is 23.0. The van der Waals surface area contributed by atoms with Crippen LogP contribution in [0.5, 0.6) is 11.5 Å². The average molecular weight is 439 g/mol. The fraction of sp³-hybridized carbons (Fsp3) is 0.172. The maximum Gasteiger partial charge on any atom is 0.132 e. The second kappa shape index (κ2) is 10.6. The summed E-state index contributed by atoms with van der Waals surface area (Å²) in [5.41, 5.74) is 16.1. The van der Waals surface area contributed by atoms with Crippen LogP contribution in [0.15, 0.2) is 109 Å². The van der Waals surface area contributed by atoms with Gasteiger partial charge in [0.2, 0.25) is 0 Å². The maximum atomic E-state index is 6.61. The largest absolute Gasteiger partial charge is 0.485 e.